The fourth-order valence-corrected chi connectivity index (χ4v) is 6.00. The summed E-state index contributed by atoms with van der Waals surface area (Å²) in [6, 6.07) is 13.6. The molecule has 2 heterocycles. The van der Waals surface area contributed by atoms with E-state index in [0.29, 0.717) is 43.4 Å². The van der Waals surface area contributed by atoms with E-state index in [1.807, 2.05) is 49.4 Å². The fraction of sp³-hybridized carbons (Fsp3) is 0.618. The average Bonchev–Trinajstić information content (AvgIpc) is 3.28. The number of carbonyl (C=O) groups excluding carboxylic acids is 1. The standard InChI is InChI=1S/C34H48ClNO7/c1-5-9-18-40-29-30(41-19-10-6-2)33(23-37)32(38)36-34(43-33,31(29)42-20-11-7-3)26-14-17-28(35)25(22-26)21-24-12-15-27(16-13-24)39-8-4/h12-17,22,29-31,37H,5-11,18-21,23H2,1-4H3,(H,36,38)/t29-,30-,31+,33+,34-/m0/s1. The maximum Gasteiger partial charge on any atom is 0.260 e. The molecule has 4 rings (SSSR count). The van der Waals surface area contributed by atoms with Gasteiger partial charge in [0, 0.05) is 30.4 Å². The van der Waals surface area contributed by atoms with Gasteiger partial charge < -0.3 is 34.1 Å². The smallest absolute Gasteiger partial charge is 0.260 e. The van der Waals surface area contributed by atoms with Crippen LogP contribution in [-0.4, -0.2) is 68.0 Å². The van der Waals surface area contributed by atoms with Gasteiger partial charge in [0.25, 0.3) is 5.91 Å². The number of carbonyl (C=O) groups is 1. The minimum absolute atomic E-state index is 0.412. The van der Waals surface area contributed by atoms with Crippen molar-refractivity contribution in [3.63, 3.8) is 0 Å². The minimum Gasteiger partial charge on any atom is -0.494 e. The van der Waals surface area contributed by atoms with Crippen LogP contribution in [-0.2, 0) is 35.9 Å². The first-order valence-electron chi connectivity index (χ1n) is 15.9. The van der Waals surface area contributed by atoms with Crippen LogP contribution in [0.2, 0.25) is 5.02 Å². The Morgan fingerprint density at radius 2 is 1.51 bits per heavy atom. The molecule has 2 N–H and O–H groups in total. The fourth-order valence-electron chi connectivity index (χ4n) is 5.82. The normalized spacial score (nSPS) is 26.5. The molecule has 9 heteroatoms. The number of aliphatic hydroxyl groups excluding tert-OH is 1. The monoisotopic (exact) mass is 617 g/mol. The summed E-state index contributed by atoms with van der Waals surface area (Å²) in [5.74, 6) is 0.372. The highest BCUT2D eigenvalue weighted by Gasteiger charge is 2.72. The molecular formula is C34H48ClNO7. The molecule has 0 aromatic heterocycles. The third-order valence-corrected chi connectivity index (χ3v) is 8.59. The molecule has 2 aliphatic rings. The molecule has 2 fully saturated rings. The van der Waals surface area contributed by atoms with Crippen LogP contribution in [0.3, 0.4) is 0 Å². The number of unbranched alkanes of at least 4 members (excludes halogenated alkanes) is 3. The lowest BCUT2D eigenvalue weighted by atomic mass is 9.82. The highest BCUT2D eigenvalue weighted by Crippen LogP contribution is 2.50. The van der Waals surface area contributed by atoms with Crippen molar-refractivity contribution in [3.05, 3.63) is 64.2 Å². The first kappa shape index (κ1) is 33.7. The largest absolute Gasteiger partial charge is 0.494 e. The summed E-state index contributed by atoms with van der Waals surface area (Å²) in [5, 5.41) is 14.5. The van der Waals surface area contributed by atoms with E-state index in [-0.39, 0.29) is 0 Å². The number of hydrogen-bond donors (Lipinski definition) is 2. The van der Waals surface area contributed by atoms with E-state index in [0.717, 1.165) is 55.4 Å². The Morgan fingerprint density at radius 1 is 0.884 bits per heavy atom. The van der Waals surface area contributed by atoms with Gasteiger partial charge in [0.05, 0.1) is 13.2 Å². The molecule has 0 unspecified atom stereocenters. The lowest BCUT2D eigenvalue weighted by Gasteiger charge is -2.50. The second kappa shape index (κ2) is 15.7. The highest BCUT2D eigenvalue weighted by molar-refractivity contribution is 6.31. The van der Waals surface area contributed by atoms with E-state index in [2.05, 4.69) is 26.1 Å². The predicted octanol–water partition coefficient (Wildman–Crippen LogP) is 5.93. The number of aliphatic hydroxyl groups is 1. The number of nitrogens with one attached hydrogen (secondary N) is 1. The van der Waals surface area contributed by atoms with E-state index in [1.165, 1.54) is 0 Å². The van der Waals surface area contributed by atoms with E-state index in [1.54, 1.807) is 0 Å². The summed E-state index contributed by atoms with van der Waals surface area (Å²) in [6.07, 6.45) is 3.62. The Labute approximate surface area is 261 Å². The van der Waals surface area contributed by atoms with Crippen LogP contribution in [0.5, 0.6) is 5.75 Å². The van der Waals surface area contributed by atoms with Crippen molar-refractivity contribution in [3.8, 4) is 5.75 Å². The van der Waals surface area contributed by atoms with Crippen LogP contribution >= 0.6 is 11.6 Å². The minimum atomic E-state index is -1.65. The van der Waals surface area contributed by atoms with Gasteiger partial charge in [-0.15, -0.1) is 0 Å². The maximum atomic E-state index is 13.9. The van der Waals surface area contributed by atoms with Crippen molar-refractivity contribution in [2.45, 2.75) is 102 Å². The molecule has 1 amide bonds. The molecule has 238 valence electrons. The summed E-state index contributed by atoms with van der Waals surface area (Å²) < 4.78 is 31.8. The molecule has 8 nitrogen and oxygen atoms in total. The van der Waals surface area contributed by atoms with Gasteiger partial charge >= 0.3 is 0 Å². The summed E-state index contributed by atoms with van der Waals surface area (Å²) in [5.41, 5.74) is -0.448. The van der Waals surface area contributed by atoms with Crippen LogP contribution in [0.25, 0.3) is 0 Å². The van der Waals surface area contributed by atoms with Crippen LogP contribution in [0, 0.1) is 0 Å². The van der Waals surface area contributed by atoms with Gasteiger partial charge in [0.1, 0.15) is 24.1 Å². The zero-order valence-corrected chi connectivity index (χ0v) is 26.8. The average molecular weight is 618 g/mol. The molecule has 0 aliphatic carbocycles. The van der Waals surface area contributed by atoms with Gasteiger partial charge in [0.15, 0.2) is 5.72 Å². The Morgan fingerprint density at radius 3 is 2.12 bits per heavy atom. The number of halogens is 1. The summed E-state index contributed by atoms with van der Waals surface area (Å²) in [7, 11) is 0. The molecule has 2 saturated heterocycles. The number of fused-ring (bicyclic) bond motifs is 2. The summed E-state index contributed by atoms with van der Waals surface area (Å²) in [6.45, 7) is 9.62. The van der Waals surface area contributed by atoms with Crippen molar-refractivity contribution in [2.24, 2.45) is 0 Å². The van der Waals surface area contributed by atoms with E-state index < -0.39 is 42.2 Å². The van der Waals surface area contributed by atoms with Crippen molar-refractivity contribution in [1.29, 1.82) is 0 Å². The maximum absolute atomic E-state index is 13.9. The quantitative estimate of drug-likeness (QED) is 0.200. The van der Waals surface area contributed by atoms with Gasteiger partial charge in [-0.25, -0.2) is 0 Å². The third kappa shape index (κ3) is 7.21. The molecular weight excluding hydrogens is 570 g/mol. The lowest BCUT2D eigenvalue weighted by molar-refractivity contribution is -0.314. The van der Waals surface area contributed by atoms with Gasteiger partial charge in [-0.1, -0.05) is 69.8 Å². The highest BCUT2D eigenvalue weighted by atomic mass is 35.5. The van der Waals surface area contributed by atoms with Crippen molar-refractivity contribution < 1.29 is 33.6 Å². The van der Waals surface area contributed by atoms with Gasteiger partial charge in [-0.3, -0.25) is 4.79 Å². The Kier molecular flexibility index (Phi) is 12.3. The van der Waals surface area contributed by atoms with E-state index >= 15 is 0 Å². The van der Waals surface area contributed by atoms with Crippen molar-refractivity contribution >= 4 is 17.5 Å². The number of ether oxygens (including phenoxy) is 5. The zero-order chi connectivity index (χ0) is 30.9. The molecule has 2 aliphatic heterocycles. The molecule has 2 aromatic carbocycles. The van der Waals surface area contributed by atoms with Gasteiger partial charge in [-0.2, -0.15) is 0 Å². The number of amides is 1. The third-order valence-electron chi connectivity index (χ3n) is 8.22. The predicted molar refractivity (Wildman–Crippen MR) is 167 cm³/mol. The topological polar surface area (TPSA) is 95.5 Å². The summed E-state index contributed by atoms with van der Waals surface area (Å²) in [4.78, 5) is 13.9. The molecule has 5 atom stereocenters. The molecule has 0 radical (unpaired) electrons. The van der Waals surface area contributed by atoms with Gasteiger partial charge in [0.2, 0.25) is 5.60 Å². The first-order chi connectivity index (χ1) is 20.9. The number of hydrogen-bond acceptors (Lipinski definition) is 7. The zero-order valence-electron chi connectivity index (χ0n) is 26.0. The summed E-state index contributed by atoms with van der Waals surface area (Å²) >= 11 is 6.73. The molecule has 43 heavy (non-hydrogen) atoms. The number of benzene rings is 2. The lowest BCUT2D eigenvalue weighted by Crippen LogP contribution is -2.68. The molecule has 2 aromatic rings. The Bertz CT molecular complexity index is 1180. The molecule has 0 saturated carbocycles. The second-order valence-corrected chi connectivity index (χ2v) is 11.8. The van der Waals surface area contributed by atoms with Crippen molar-refractivity contribution in [2.75, 3.05) is 33.0 Å². The number of rotatable bonds is 18. The Hall–Kier alpha value is -2.20. The van der Waals surface area contributed by atoms with Crippen LogP contribution in [0.1, 0.15) is 82.9 Å². The van der Waals surface area contributed by atoms with Crippen LogP contribution in [0.15, 0.2) is 42.5 Å². The van der Waals surface area contributed by atoms with Crippen LogP contribution < -0.4 is 10.1 Å². The van der Waals surface area contributed by atoms with Crippen LogP contribution in [0.4, 0.5) is 0 Å². The second-order valence-electron chi connectivity index (χ2n) is 11.4. The van der Waals surface area contributed by atoms with E-state index in [9.17, 15) is 9.90 Å². The van der Waals surface area contributed by atoms with Crippen molar-refractivity contribution in [1.82, 2.24) is 5.32 Å². The molecule has 0 spiro atoms. The first-order valence-corrected chi connectivity index (χ1v) is 16.3. The molecule has 2 bridgehead atoms. The van der Waals surface area contributed by atoms with Gasteiger partial charge in [-0.05, 0) is 68.0 Å². The Balaban J connectivity index is 1.77. The SMILES string of the molecule is CCCCO[C@@H]1[C@@H](OCCCC)[C@@]2(c3ccc(Cl)c(Cc4ccc(OCC)cc4)c3)NC(=O)[C@](CO)(O2)[C@H]1OCCCC. The van der Waals surface area contributed by atoms with E-state index in [4.69, 9.17) is 35.3 Å².